The Kier molecular flexibility index (Phi) is 4.49. The van der Waals surface area contributed by atoms with Crippen LogP contribution >= 0.6 is 11.6 Å². The number of nitrogens with one attached hydrogen (secondary N) is 1. The summed E-state index contributed by atoms with van der Waals surface area (Å²) in [6.07, 6.45) is 12.0. The van der Waals surface area contributed by atoms with Gasteiger partial charge >= 0.3 is 0 Å². The van der Waals surface area contributed by atoms with Gasteiger partial charge in [-0.1, -0.05) is 31.0 Å². The van der Waals surface area contributed by atoms with E-state index in [0.29, 0.717) is 6.04 Å². The van der Waals surface area contributed by atoms with Crippen molar-refractivity contribution in [2.24, 2.45) is 5.92 Å². The fourth-order valence-electron chi connectivity index (χ4n) is 3.22. The first kappa shape index (κ1) is 14.5. The Balaban J connectivity index is 1.79. The van der Waals surface area contributed by atoms with Gasteiger partial charge in [0.15, 0.2) is 0 Å². The van der Waals surface area contributed by atoms with Crippen LogP contribution in [-0.4, -0.2) is 15.6 Å². The molecular formula is C17H22ClN3. The maximum Gasteiger partial charge on any atom is 0.0992 e. The number of imidazole rings is 1. The molecular weight excluding hydrogens is 282 g/mol. The zero-order valence-corrected chi connectivity index (χ0v) is 13.2. The maximum absolute atomic E-state index is 6.40. The zero-order valence-electron chi connectivity index (χ0n) is 12.4. The van der Waals surface area contributed by atoms with Crippen molar-refractivity contribution in [2.75, 3.05) is 5.32 Å². The van der Waals surface area contributed by atoms with Crippen molar-refractivity contribution in [3.63, 3.8) is 0 Å². The second kappa shape index (κ2) is 6.52. The van der Waals surface area contributed by atoms with E-state index in [0.717, 1.165) is 22.3 Å². The van der Waals surface area contributed by atoms with Gasteiger partial charge in [0.1, 0.15) is 0 Å². The third-order valence-corrected chi connectivity index (χ3v) is 4.84. The minimum Gasteiger partial charge on any atom is -0.381 e. The van der Waals surface area contributed by atoms with Crippen molar-refractivity contribution in [3.8, 4) is 5.69 Å². The quantitative estimate of drug-likeness (QED) is 0.870. The van der Waals surface area contributed by atoms with Crippen LogP contribution < -0.4 is 5.32 Å². The molecule has 0 spiro atoms. The predicted molar refractivity (Wildman–Crippen MR) is 88.2 cm³/mol. The molecule has 3 rings (SSSR count). The molecule has 21 heavy (non-hydrogen) atoms. The lowest BCUT2D eigenvalue weighted by Crippen LogP contribution is -2.26. The van der Waals surface area contributed by atoms with E-state index in [1.54, 1.807) is 12.5 Å². The topological polar surface area (TPSA) is 29.9 Å². The van der Waals surface area contributed by atoms with Crippen molar-refractivity contribution in [3.05, 3.63) is 41.9 Å². The Morgan fingerprint density at radius 2 is 2.10 bits per heavy atom. The van der Waals surface area contributed by atoms with Crippen molar-refractivity contribution in [1.82, 2.24) is 9.55 Å². The first-order chi connectivity index (χ1) is 10.3. The average Bonchev–Trinajstić information content (AvgIpc) is 3.02. The van der Waals surface area contributed by atoms with Crippen LogP contribution in [0, 0.1) is 5.92 Å². The molecule has 4 heteroatoms. The minimum atomic E-state index is 0.550. The number of nitrogens with zero attached hydrogens (tertiary/aromatic N) is 2. The van der Waals surface area contributed by atoms with Gasteiger partial charge in [0.25, 0.3) is 0 Å². The fourth-order valence-corrected chi connectivity index (χ4v) is 3.49. The molecule has 0 amide bonds. The van der Waals surface area contributed by atoms with E-state index in [9.17, 15) is 0 Å². The third kappa shape index (κ3) is 3.24. The Morgan fingerprint density at radius 3 is 2.76 bits per heavy atom. The largest absolute Gasteiger partial charge is 0.381 e. The lowest BCUT2D eigenvalue weighted by Gasteiger charge is -2.30. The van der Waals surface area contributed by atoms with Crippen LogP contribution in [0.3, 0.4) is 0 Å². The summed E-state index contributed by atoms with van der Waals surface area (Å²) in [6, 6.07) is 6.58. The lowest BCUT2D eigenvalue weighted by atomic mass is 9.84. The van der Waals surface area contributed by atoms with Gasteiger partial charge in [-0.3, -0.25) is 0 Å². The molecule has 2 aromatic rings. The average molecular weight is 304 g/mol. The van der Waals surface area contributed by atoms with E-state index >= 15 is 0 Å². The minimum absolute atomic E-state index is 0.550. The number of rotatable bonds is 4. The van der Waals surface area contributed by atoms with E-state index in [4.69, 9.17) is 11.6 Å². The van der Waals surface area contributed by atoms with Crippen LogP contribution in [0.2, 0.25) is 5.02 Å². The Hall–Kier alpha value is -1.48. The number of hydrogen-bond donors (Lipinski definition) is 1. The molecule has 1 saturated carbocycles. The molecule has 1 aliphatic rings. The van der Waals surface area contributed by atoms with Crippen molar-refractivity contribution in [2.45, 2.75) is 45.1 Å². The Bertz CT molecular complexity index is 572. The van der Waals surface area contributed by atoms with Crippen LogP contribution in [0.1, 0.15) is 39.0 Å². The number of anilines is 1. The summed E-state index contributed by atoms with van der Waals surface area (Å²) < 4.78 is 1.97. The number of hydrogen-bond acceptors (Lipinski definition) is 2. The summed E-state index contributed by atoms with van der Waals surface area (Å²) in [6.45, 7) is 2.30. The first-order valence-electron chi connectivity index (χ1n) is 7.81. The highest BCUT2D eigenvalue weighted by Gasteiger charge is 2.21. The summed E-state index contributed by atoms with van der Waals surface area (Å²) in [4.78, 5) is 4.13. The molecule has 0 aliphatic heterocycles. The van der Waals surface area contributed by atoms with Gasteiger partial charge in [-0.05, 0) is 43.7 Å². The van der Waals surface area contributed by atoms with Gasteiger partial charge in [0, 0.05) is 18.4 Å². The molecule has 0 radical (unpaired) electrons. The Morgan fingerprint density at radius 1 is 1.29 bits per heavy atom. The van der Waals surface area contributed by atoms with E-state index < -0.39 is 0 Å². The summed E-state index contributed by atoms with van der Waals surface area (Å²) >= 11 is 6.40. The summed E-state index contributed by atoms with van der Waals surface area (Å²) in [5.41, 5.74) is 2.09. The third-order valence-electron chi connectivity index (χ3n) is 4.53. The monoisotopic (exact) mass is 303 g/mol. The summed E-state index contributed by atoms with van der Waals surface area (Å²) in [5, 5.41) is 4.44. The number of benzene rings is 1. The molecule has 1 N–H and O–H groups in total. The van der Waals surface area contributed by atoms with Gasteiger partial charge in [-0.15, -0.1) is 0 Å². The number of para-hydroxylation sites is 1. The lowest BCUT2D eigenvalue weighted by molar-refractivity contribution is 0.330. The van der Waals surface area contributed by atoms with Crippen LogP contribution in [0.25, 0.3) is 5.69 Å². The highest BCUT2D eigenvalue weighted by atomic mass is 35.5. The first-order valence-corrected chi connectivity index (χ1v) is 8.19. The van der Waals surface area contributed by atoms with Gasteiger partial charge in [-0.25, -0.2) is 4.98 Å². The van der Waals surface area contributed by atoms with Crippen LogP contribution in [0.4, 0.5) is 5.69 Å². The van der Waals surface area contributed by atoms with Gasteiger partial charge < -0.3 is 9.88 Å². The van der Waals surface area contributed by atoms with Gasteiger partial charge in [0.2, 0.25) is 0 Å². The van der Waals surface area contributed by atoms with Crippen molar-refractivity contribution < 1.29 is 0 Å². The van der Waals surface area contributed by atoms with E-state index in [1.807, 2.05) is 22.9 Å². The molecule has 0 bridgehead atoms. The standard InChI is InChI=1S/C17H22ClN3/c1-2-13-6-8-14(9-7-13)20-16-5-3-4-15(18)17(16)21-11-10-19-12-21/h3-5,10-14,20H,2,6-9H2,1H3. The second-order valence-corrected chi connectivity index (χ2v) is 6.28. The second-order valence-electron chi connectivity index (χ2n) is 5.88. The molecule has 1 heterocycles. The van der Waals surface area contributed by atoms with Crippen molar-refractivity contribution >= 4 is 17.3 Å². The zero-order chi connectivity index (χ0) is 14.7. The Labute approximate surface area is 131 Å². The molecule has 0 saturated heterocycles. The predicted octanol–water partition coefficient (Wildman–Crippen LogP) is 4.91. The van der Waals surface area contributed by atoms with Crippen LogP contribution in [0.15, 0.2) is 36.9 Å². The fraction of sp³-hybridized carbons (Fsp3) is 0.471. The van der Waals surface area contributed by atoms with Crippen LogP contribution in [0.5, 0.6) is 0 Å². The van der Waals surface area contributed by atoms with E-state index in [2.05, 4.69) is 23.3 Å². The smallest absolute Gasteiger partial charge is 0.0992 e. The molecule has 1 aromatic heterocycles. The summed E-state index contributed by atoms with van der Waals surface area (Å²) in [5.74, 6) is 0.913. The number of aromatic nitrogens is 2. The molecule has 112 valence electrons. The molecule has 0 atom stereocenters. The van der Waals surface area contributed by atoms with Crippen molar-refractivity contribution in [1.29, 1.82) is 0 Å². The van der Waals surface area contributed by atoms with E-state index in [-0.39, 0.29) is 0 Å². The number of halogens is 1. The molecule has 3 nitrogen and oxygen atoms in total. The highest BCUT2D eigenvalue weighted by molar-refractivity contribution is 6.33. The van der Waals surface area contributed by atoms with Crippen LogP contribution in [-0.2, 0) is 0 Å². The molecule has 1 aromatic carbocycles. The van der Waals surface area contributed by atoms with Gasteiger partial charge in [-0.2, -0.15) is 0 Å². The van der Waals surface area contributed by atoms with E-state index in [1.165, 1.54) is 32.1 Å². The highest BCUT2D eigenvalue weighted by Crippen LogP contribution is 2.32. The van der Waals surface area contributed by atoms with Gasteiger partial charge in [0.05, 0.1) is 22.7 Å². The maximum atomic E-state index is 6.40. The SMILES string of the molecule is CCC1CCC(Nc2cccc(Cl)c2-n2ccnc2)CC1. The molecule has 1 fully saturated rings. The normalized spacial score (nSPS) is 22.2. The summed E-state index contributed by atoms with van der Waals surface area (Å²) in [7, 11) is 0. The molecule has 0 unspecified atom stereocenters. The molecule has 1 aliphatic carbocycles.